The number of rotatable bonds is 5. The predicted octanol–water partition coefficient (Wildman–Crippen LogP) is 7.07. The van der Waals surface area contributed by atoms with Crippen LogP contribution in [0.15, 0.2) is 103 Å². The zero-order valence-electron chi connectivity index (χ0n) is 21.2. The molecule has 0 unspecified atom stereocenters. The molecule has 6 heteroatoms. The van der Waals surface area contributed by atoms with Gasteiger partial charge in [-0.2, -0.15) is 0 Å². The molecule has 1 saturated heterocycles. The summed E-state index contributed by atoms with van der Waals surface area (Å²) in [6, 6.07) is 31.4. The van der Waals surface area contributed by atoms with Gasteiger partial charge in [0.25, 0.3) is 0 Å². The Morgan fingerprint density at radius 2 is 1.41 bits per heavy atom. The van der Waals surface area contributed by atoms with E-state index in [-0.39, 0.29) is 12.4 Å². The molecule has 6 nitrogen and oxygen atoms in total. The number of phenols is 1. The first-order valence-corrected chi connectivity index (χ1v) is 13.0. The van der Waals surface area contributed by atoms with Crippen LogP contribution in [0.25, 0.3) is 32.7 Å². The number of benzene rings is 5. The van der Waals surface area contributed by atoms with Crippen molar-refractivity contribution in [3.63, 3.8) is 0 Å². The minimum atomic E-state index is -0.756. The molecule has 1 fully saturated rings. The highest BCUT2D eigenvalue weighted by Crippen LogP contribution is 2.45. The van der Waals surface area contributed by atoms with Crippen LogP contribution in [-0.4, -0.2) is 34.7 Å². The van der Waals surface area contributed by atoms with E-state index in [2.05, 4.69) is 0 Å². The summed E-state index contributed by atoms with van der Waals surface area (Å²) in [5.41, 5.74) is 2.10. The van der Waals surface area contributed by atoms with Crippen molar-refractivity contribution in [1.29, 1.82) is 0 Å². The Morgan fingerprint density at radius 3 is 2.15 bits per heavy atom. The summed E-state index contributed by atoms with van der Waals surface area (Å²) in [7, 11) is 0. The fourth-order valence-electron chi connectivity index (χ4n) is 5.33. The maximum absolute atomic E-state index is 13.5. The molecule has 0 radical (unpaired) electrons. The van der Waals surface area contributed by atoms with Gasteiger partial charge in [-0.05, 0) is 52.1 Å². The lowest BCUT2D eigenvalue weighted by Gasteiger charge is -2.23. The van der Waals surface area contributed by atoms with Crippen molar-refractivity contribution in [3.05, 3.63) is 109 Å². The van der Waals surface area contributed by atoms with Crippen LogP contribution in [0.5, 0.6) is 11.5 Å². The van der Waals surface area contributed by atoms with Crippen LogP contribution in [0.2, 0.25) is 0 Å². The van der Waals surface area contributed by atoms with E-state index in [4.69, 9.17) is 9.47 Å². The molecule has 5 aromatic rings. The van der Waals surface area contributed by atoms with Gasteiger partial charge < -0.3 is 14.6 Å². The monoisotopic (exact) mass is 517 g/mol. The van der Waals surface area contributed by atoms with Crippen LogP contribution >= 0.6 is 0 Å². The summed E-state index contributed by atoms with van der Waals surface area (Å²) in [6.45, 7) is 0.551. The highest BCUT2D eigenvalue weighted by atomic mass is 16.6. The van der Waals surface area contributed by atoms with E-state index in [0.29, 0.717) is 36.3 Å². The molecule has 1 aliphatic heterocycles. The number of carbonyl (C=O) groups is 2. The molecule has 1 amide bonds. The number of likely N-dealkylation sites (tertiary alicyclic amines) is 1. The van der Waals surface area contributed by atoms with Crippen molar-refractivity contribution >= 4 is 33.6 Å². The summed E-state index contributed by atoms with van der Waals surface area (Å²) in [4.78, 5) is 27.9. The molecule has 194 valence electrons. The minimum Gasteiger partial charge on any atom is -0.507 e. The number of amides is 1. The zero-order valence-corrected chi connectivity index (χ0v) is 21.2. The van der Waals surface area contributed by atoms with E-state index in [1.165, 1.54) is 4.90 Å². The maximum atomic E-state index is 13.5. The SMILES string of the molecule is O=C(Oc1ccc2ccccc2c1-c1c(O)ccc2ccccc12)[C@@H]1CCCN1C(=O)OCc1ccccc1. The first-order valence-electron chi connectivity index (χ1n) is 13.0. The number of esters is 1. The van der Waals surface area contributed by atoms with Crippen LogP contribution in [0.3, 0.4) is 0 Å². The number of ether oxygens (including phenoxy) is 2. The molecule has 1 heterocycles. The van der Waals surface area contributed by atoms with Crippen LogP contribution < -0.4 is 4.74 Å². The summed E-state index contributed by atoms with van der Waals surface area (Å²) >= 11 is 0. The van der Waals surface area contributed by atoms with Crippen LogP contribution in [0.1, 0.15) is 18.4 Å². The van der Waals surface area contributed by atoms with Gasteiger partial charge in [-0.15, -0.1) is 0 Å². The molecular formula is C33H27NO5. The molecule has 6 rings (SSSR count). The number of hydrogen-bond donors (Lipinski definition) is 1. The molecule has 1 N–H and O–H groups in total. The molecule has 1 aliphatic rings. The molecule has 1 atom stereocenters. The predicted molar refractivity (Wildman–Crippen MR) is 151 cm³/mol. The lowest BCUT2D eigenvalue weighted by molar-refractivity contribution is -0.138. The summed E-state index contributed by atoms with van der Waals surface area (Å²) < 4.78 is 11.5. The summed E-state index contributed by atoms with van der Waals surface area (Å²) in [5, 5.41) is 14.6. The Kier molecular flexibility index (Phi) is 6.59. The summed E-state index contributed by atoms with van der Waals surface area (Å²) in [5.74, 6) is -0.107. The third-order valence-electron chi connectivity index (χ3n) is 7.22. The van der Waals surface area contributed by atoms with Crippen molar-refractivity contribution in [2.45, 2.75) is 25.5 Å². The van der Waals surface area contributed by atoms with Gasteiger partial charge in [-0.1, -0.05) is 91.0 Å². The fraction of sp³-hybridized carbons (Fsp3) is 0.152. The molecular weight excluding hydrogens is 490 g/mol. The van der Waals surface area contributed by atoms with E-state index < -0.39 is 18.1 Å². The van der Waals surface area contributed by atoms with Gasteiger partial charge in [0.05, 0.1) is 0 Å². The Hall–Kier alpha value is -4.84. The van der Waals surface area contributed by atoms with Gasteiger partial charge >= 0.3 is 12.1 Å². The topological polar surface area (TPSA) is 76.1 Å². The molecule has 0 bridgehead atoms. The standard InChI is InChI=1S/C33H27NO5/c35-28-18-16-23-11-4-6-13-25(23)30(28)31-26-14-7-5-12-24(26)17-19-29(31)39-32(36)27-15-8-20-34(27)33(37)38-21-22-9-2-1-3-10-22/h1-7,9-14,16-19,27,35H,8,15,20-21H2/t27-/m0/s1. The quantitative estimate of drug-likeness (QED) is 0.199. The van der Waals surface area contributed by atoms with Crippen LogP contribution in [0.4, 0.5) is 4.79 Å². The number of phenolic OH excluding ortho intramolecular Hbond substituents is 1. The second-order valence-electron chi connectivity index (χ2n) is 9.65. The van der Waals surface area contributed by atoms with Gasteiger partial charge in [0, 0.05) is 17.7 Å². The molecule has 0 saturated carbocycles. The van der Waals surface area contributed by atoms with Crippen molar-refractivity contribution in [1.82, 2.24) is 4.90 Å². The lowest BCUT2D eigenvalue weighted by atomic mass is 9.92. The molecule has 0 aromatic heterocycles. The molecule has 0 spiro atoms. The van der Waals surface area contributed by atoms with E-state index in [1.807, 2.05) is 91.0 Å². The Bertz CT molecular complexity index is 1680. The lowest BCUT2D eigenvalue weighted by Crippen LogP contribution is -2.42. The minimum absolute atomic E-state index is 0.0920. The van der Waals surface area contributed by atoms with Gasteiger partial charge in [0.2, 0.25) is 0 Å². The van der Waals surface area contributed by atoms with Crippen molar-refractivity contribution in [2.24, 2.45) is 0 Å². The van der Waals surface area contributed by atoms with E-state index >= 15 is 0 Å². The Morgan fingerprint density at radius 1 is 0.769 bits per heavy atom. The van der Waals surface area contributed by atoms with Gasteiger partial charge in [0.15, 0.2) is 0 Å². The first kappa shape index (κ1) is 24.5. The van der Waals surface area contributed by atoms with E-state index in [1.54, 1.807) is 12.1 Å². The molecule has 5 aromatic carbocycles. The Balaban J connectivity index is 1.34. The van der Waals surface area contributed by atoms with Gasteiger partial charge in [-0.3, -0.25) is 4.90 Å². The molecule has 39 heavy (non-hydrogen) atoms. The second-order valence-corrected chi connectivity index (χ2v) is 9.65. The van der Waals surface area contributed by atoms with Crippen LogP contribution in [0, 0.1) is 0 Å². The van der Waals surface area contributed by atoms with E-state index in [0.717, 1.165) is 27.1 Å². The van der Waals surface area contributed by atoms with Gasteiger partial charge in [0.1, 0.15) is 24.1 Å². The third kappa shape index (κ3) is 4.77. The second kappa shape index (κ2) is 10.5. The largest absolute Gasteiger partial charge is 0.507 e. The normalized spacial score (nSPS) is 15.0. The van der Waals surface area contributed by atoms with Crippen molar-refractivity contribution in [2.75, 3.05) is 6.54 Å². The highest BCUT2D eigenvalue weighted by Gasteiger charge is 2.37. The summed E-state index contributed by atoms with van der Waals surface area (Å²) in [6.07, 6.45) is 0.625. The first-order chi connectivity index (χ1) is 19.1. The highest BCUT2D eigenvalue weighted by molar-refractivity contribution is 6.10. The average Bonchev–Trinajstić information content (AvgIpc) is 3.47. The number of hydrogen-bond acceptors (Lipinski definition) is 5. The number of fused-ring (bicyclic) bond motifs is 2. The zero-order chi connectivity index (χ0) is 26.8. The Labute approximate surface area is 226 Å². The molecule has 0 aliphatic carbocycles. The smallest absolute Gasteiger partial charge is 0.410 e. The van der Waals surface area contributed by atoms with Gasteiger partial charge in [-0.25, -0.2) is 9.59 Å². The average molecular weight is 518 g/mol. The van der Waals surface area contributed by atoms with Crippen molar-refractivity contribution < 1.29 is 24.2 Å². The third-order valence-corrected chi connectivity index (χ3v) is 7.22. The maximum Gasteiger partial charge on any atom is 0.410 e. The number of aromatic hydroxyl groups is 1. The number of nitrogens with zero attached hydrogens (tertiary/aromatic N) is 1. The van der Waals surface area contributed by atoms with Crippen molar-refractivity contribution in [3.8, 4) is 22.6 Å². The van der Waals surface area contributed by atoms with Crippen LogP contribution in [-0.2, 0) is 16.1 Å². The number of carbonyl (C=O) groups excluding carboxylic acids is 2. The fourth-order valence-corrected chi connectivity index (χ4v) is 5.33. The van der Waals surface area contributed by atoms with E-state index in [9.17, 15) is 14.7 Å².